The van der Waals surface area contributed by atoms with Gasteiger partial charge in [-0.15, -0.1) is 0 Å². The first-order valence-corrected chi connectivity index (χ1v) is 4.68. The van der Waals surface area contributed by atoms with Gasteiger partial charge in [-0.05, 0) is 24.6 Å². The summed E-state index contributed by atoms with van der Waals surface area (Å²) in [6, 6.07) is 10.5. The lowest BCUT2D eigenvalue weighted by Gasteiger charge is -2.04. The topological polar surface area (TPSA) is 17.3 Å². The third-order valence-corrected chi connectivity index (χ3v) is 2.60. The molecule has 0 aliphatic carbocycles. The smallest absolute Gasteiger partial charge is 0.137 e. The molecular formula is C12H10N2. The minimum Gasteiger partial charge on any atom is -0.300 e. The van der Waals surface area contributed by atoms with Gasteiger partial charge in [-0.1, -0.05) is 18.2 Å². The zero-order valence-corrected chi connectivity index (χ0v) is 7.94. The Morgan fingerprint density at radius 1 is 1.21 bits per heavy atom. The molecule has 3 aromatic rings. The van der Waals surface area contributed by atoms with Gasteiger partial charge in [0.15, 0.2) is 0 Å². The molecule has 0 saturated heterocycles. The van der Waals surface area contributed by atoms with Crippen LogP contribution >= 0.6 is 0 Å². The standard InChI is InChI=1S/C12H10N2/c1-9-8-12-13-6-7-14(12)11-5-3-2-4-10(9)11/h2-8H,1H3. The predicted octanol–water partition coefficient (Wildman–Crippen LogP) is 2.80. The lowest BCUT2D eigenvalue weighted by atomic mass is 10.1. The molecule has 0 saturated carbocycles. The van der Waals surface area contributed by atoms with Gasteiger partial charge in [-0.2, -0.15) is 0 Å². The third-order valence-electron chi connectivity index (χ3n) is 2.60. The number of aromatic nitrogens is 2. The molecule has 2 heterocycles. The highest BCUT2D eigenvalue weighted by atomic mass is 15.0. The SMILES string of the molecule is Cc1cc2nccn2c2ccccc12. The molecule has 14 heavy (non-hydrogen) atoms. The fraction of sp³-hybridized carbons (Fsp3) is 0.0833. The van der Waals surface area contributed by atoms with Gasteiger partial charge in [-0.25, -0.2) is 4.98 Å². The molecule has 0 atom stereocenters. The number of pyridine rings is 1. The van der Waals surface area contributed by atoms with Gasteiger partial charge >= 0.3 is 0 Å². The summed E-state index contributed by atoms with van der Waals surface area (Å²) in [7, 11) is 0. The third kappa shape index (κ3) is 0.880. The number of nitrogens with zero attached hydrogens (tertiary/aromatic N) is 2. The number of aryl methyl sites for hydroxylation is 1. The average Bonchev–Trinajstić information content (AvgIpc) is 2.66. The maximum Gasteiger partial charge on any atom is 0.137 e. The van der Waals surface area contributed by atoms with Crippen LogP contribution in [0.15, 0.2) is 42.7 Å². The molecule has 0 radical (unpaired) electrons. The summed E-state index contributed by atoms with van der Waals surface area (Å²) in [5, 5.41) is 1.29. The quantitative estimate of drug-likeness (QED) is 0.522. The molecule has 0 aliphatic rings. The monoisotopic (exact) mass is 182 g/mol. The van der Waals surface area contributed by atoms with E-state index in [-0.39, 0.29) is 0 Å². The van der Waals surface area contributed by atoms with E-state index in [4.69, 9.17) is 0 Å². The second-order valence-electron chi connectivity index (χ2n) is 3.50. The molecule has 3 rings (SSSR count). The highest BCUT2D eigenvalue weighted by molar-refractivity contribution is 5.85. The van der Waals surface area contributed by atoms with Crippen LogP contribution in [0.1, 0.15) is 5.56 Å². The lowest BCUT2D eigenvalue weighted by molar-refractivity contribution is 1.24. The molecule has 0 unspecified atom stereocenters. The predicted molar refractivity (Wildman–Crippen MR) is 57.4 cm³/mol. The van der Waals surface area contributed by atoms with Crippen molar-refractivity contribution in [3.05, 3.63) is 48.3 Å². The molecule has 2 heteroatoms. The fourth-order valence-electron chi connectivity index (χ4n) is 1.91. The van der Waals surface area contributed by atoms with Gasteiger partial charge in [-0.3, -0.25) is 4.40 Å². The van der Waals surface area contributed by atoms with Crippen molar-refractivity contribution in [2.24, 2.45) is 0 Å². The number of para-hydroxylation sites is 1. The van der Waals surface area contributed by atoms with Crippen LogP contribution in [0.3, 0.4) is 0 Å². The molecule has 0 N–H and O–H groups in total. The lowest BCUT2D eigenvalue weighted by Crippen LogP contribution is -1.89. The summed E-state index contributed by atoms with van der Waals surface area (Å²) in [4.78, 5) is 4.29. The zero-order valence-electron chi connectivity index (χ0n) is 7.94. The van der Waals surface area contributed by atoms with E-state index in [9.17, 15) is 0 Å². The summed E-state index contributed by atoms with van der Waals surface area (Å²) in [5.74, 6) is 0. The van der Waals surface area contributed by atoms with Crippen LogP contribution in [0.5, 0.6) is 0 Å². The first-order valence-electron chi connectivity index (χ1n) is 4.68. The minimum atomic E-state index is 1.02. The van der Waals surface area contributed by atoms with Crippen LogP contribution in [0, 0.1) is 6.92 Å². The van der Waals surface area contributed by atoms with Gasteiger partial charge in [0, 0.05) is 17.8 Å². The maximum absolute atomic E-state index is 4.29. The first-order chi connectivity index (χ1) is 6.86. The zero-order chi connectivity index (χ0) is 9.54. The van der Waals surface area contributed by atoms with Gasteiger partial charge < -0.3 is 0 Å². The van der Waals surface area contributed by atoms with Crippen molar-refractivity contribution in [2.75, 3.05) is 0 Å². The first kappa shape index (κ1) is 7.56. The Morgan fingerprint density at radius 2 is 2.07 bits per heavy atom. The number of benzene rings is 1. The Balaban J connectivity index is 2.67. The fourth-order valence-corrected chi connectivity index (χ4v) is 1.91. The van der Waals surface area contributed by atoms with E-state index >= 15 is 0 Å². The van der Waals surface area contributed by atoms with Crippen molar-refractivity contribution in [3.63, 3.8) is 0 Å². The molecule has 1 aromatic carbocycles. The molecule has 0 bridgehead atoms. The summed E-state index contributed by atoms with van der Waals surface area (Å²) < 4.78 is 2.11. The van der Waals surface area contributed by atoms with E-state index in [0.717, 1.165) is 5.65 Å². The van der Waals surface area contributed by atoms with E-state index in [1.54, 1.807) is 0 Å². The number of hydrogen-bond donors (Lipinski definition) is 0. The van der Waals surface area contributed by atoms with Crippen molar-refractivity contribution in [2.45, 2.75) is 6.92 Å². The molecule has 2 aromatic heterocycles. The number of rotatable bonds is 0. The maximum atomic E-state index is 4.29. The van der Waals surface area contributed by atoms with E-state index in [1.165, 1.54) is 16.5 Å². The molecule has 2 nitrogen and oxygen atoms in total. The average molecular weight is 182 g/mol. The summed E-state index contributed by atoms with van der Waals surface area (Å²) in [6.45, 7) is 2.12. The summed E-state index contributed by atoms with van der Waals surface area (Å²) >= 11 is 0. The highest BCUT2D eigenvalue weighted by Crippen LogP contribution is 2.19. The van der Waals surface area contributed by atoms with Crippen LogP contribution in [-0.4, -0.2) is 9.38 Å². The Morgan fingerprint density at radius 3 is 3.00 bits per heavy atom. The largest absolute Gasteiger partial charge is 0.300 e. The second-order valence-corrected chi connectivity index (χ2v) is 3.50. The van der Waals surface area contributed by atoms with Crippen molar-refractivity contribution in [1.82, 2.24) is 9.38 Å². The highest BCUT2D eigenvalue weighted by Gasteiger charge is 2.02. The number of imidazole rings is 1. The van der Waals surface area contributed by atoms with E-state index in [2.05, 4.69) is 46.6 Å². The van der Waals surface area contributed by atoms with Gasteiger partial charge in [0.05, 0.1) is 5.52 Å². The molecule has 0 fully saturated rings. The Labute approximate surface area is 81.8 Å². The summed E-state index contributed by atoms with van der Waals surface area (Å²) in [5.41, 5.74) is 3.51. The van der Waals surface area contributed by atoms with Crippen molar-refractivity contribution >= 4 is 16.6 Å². The summed E-state index contributed by atoms with van der Waals surface area (Å²) in [6.07, 6.45) is 3.83. The van der Waals surface area contributed by atoms with E-state index in [0.29, 0.717) is 0 Å². The molecule has 0 aliphatic heterocycles. The Hall–Kier alpha value is -1.83. The van der Waals surface area contributed by atoms with Crippen molar-refractivity contribution < 1.29 is 0 Å². The van der Waals surface area contributed by atoms with E-state index in [1.807, 2.05) is 12.4 Å². The molecule has 0 spiro atoms. The van der Waals surface area contributed by atoms with E-state index < -0.39 is 0 Å². The molecule has 0 amide bonds. The Kier molecular flexibility index (Phi) is 1.39. The van der Waals surface area contributed by atoms with Crippen LogP contribution in [-0.2, 0) is 0 Å². The molecular weight excluding hydrogens is 172 g/mol. The second kappa shape index (κ2) is 2.58. The van der Waals surface area contributed by atoms with Gasteiger partial charge in [0.1, 0.15) is 5.65 Å². The van der Waals surface area contributed by atoms with Crippen LogP contribution in [0.2, 0.25) is 0 Å². The van der Waals surface area contributed by atoms with Crippen LogP contribution in [0.4, 0.5) is 0 Å². The Bertz CT molecular complexity index is 608. The van der Waals surface area contributed by atoms with Gasteiger partial charge in [0.25, 0.3) is 0 Å². The van der Waals surface area contributed by atoms with Crippen molar-refractivity contribution in [1.29, 1.82) is 0 Å². The van der Waals surface area contributed by atoms with Crippen LogP contribution < -0.4 is 0 Å². The number of fused-ring (bicyclic) bond motifs is 3. The minimum absolute atomic E-state index is 1.02. The molecule has 68 valence electrons. The number of hydrogen-bond acceptors (Lipinski definition) is 1. The van der Waals surface area contributed by atoms with Crippen molar-refractivity contribution in [3.8, 4) is 0 Å². The normalized spacial score (nSPS) is 11.2. The van der Waals surface area contributed by atoms with Crippen LogP contribution in [0.25, 0.3) is 16.6 Å². The van der Waals surface area contributed by atoms with Gasteiger partial charge in [0.2, 0.25) is 0 Å².